The molecule has 0 amide bonds. The fourth-order valence-electron chi connectivity index (χ4n) is 3.11. The molecule has 1 unspecified atom stereocenters. The van der Waals surface area contributed by atoms with Crippen molar-refractivity contribution in [3.63, 3.8) is 0 Å². The Morgan fingerprint density at radius 3 is 2.69 bits per heavy atom. The maximum Gasteiger partial charge on any atom is 0.321 e. The molecule has 5 nitrogen and oxygen atoms in total. The summed E-state index contributed by atoms with van der Waals surface area (Å²) >= 11 is 2.10. The first kappa shape index (κ1) is 21.6. The van der Waals surface area contributed by atoms with Crippen LogP contribution < -0.4 is 0 Å². The van der Waals surface area contributed by atoms with Gasteiger partial charge in [-0.05, 0) is 38.7 Å². The number of carbonyl (C=O) groups excluding carboxylic acids is 1. The monoisotopic (exact) mass is 476 g/mol. The Morgan fingerprint density at radius 2 is 2.00 bits per heavy atom. The van der Waals surface area contributed by atoms with Gasteiger partial charge in [0, 0.05) is 13.0 Å². The third-order valence-electron chi connectivity index (χ3n) is 4.31. The van der Waals surface area contributed by atoms with Crippen LogP contribution in [0.3, 0.4) is 0 Å². The van der Waals surface area contributed by atoms with E-state index in [4.69, 9.17) is 18.9 Å². The summed E-state index contributed by atoms with van der Waals surface area (Å²) in [5.41, 5.74) is 1.20. The molecule has 26 heavy (non-hydrogen) atoms. The van der Waals surface area contributed by atoms with E-state index in [1.165, 1.54) is 12.7 Å². The van der Waals surface area contributed by atoms with Crippen LogP contribution in [0.2, 0.25) is 0 Å². The van der Waals surface area contributed by atoms with Crippen molar-refractivity contribution in [2.24, 2.45) is 0 Å². The van der Waals surface area contributed by atoms with Gasteiger partial charge in [0.05, 0.1) is 25.9 Å². The molecule has 0 radical (unpaired) electrons. The number of benzene rings is 1. The highest BCUT2D eigenvalue weighted by molar-refractivity contribution is 14.1. The van der Waals surface area contributed by atoms with Crippen LogP contribution in [-0.4, -0.2) is 41.6 Å². The quantitative estimate of drug-likeness (QED) is 0.231. The fraction of sp³-hybridized carbons (Fsp3) is 0.650. The van der Waals surface area contributed by atoms with Crippen LogP contribution in [0.15, 0.2) is 30.3 Å². The van der Waals surface area contributed by atoms with Gasteiger partial charge in [0.15, 0.2) is 5.79 Å². The van der Waals surface area contributed by atoms with E-state index in [0.29, 0.717) is 13.0 Å². The maximum absolute atomic E-state index is 11.8. The van der Waals surface area contributed by atoms with Gasteiger partial charge in [-0.15, -0.1) is 0 Å². The van der Waals surface area contributed by atoms with Gasteiger partial charge in [-0.1, -0.05) is 52.9 Å². The van der Waals surface area contributed by atoms with Crippen molar-refractivity contribution in [2.45, 2.75) is 68.1 Å². The normalized spacial score (nSPS) is 23.4. The van der Waals surface area contributed by atoms with Gasteiger partial charge < -0.3 is 18.9 Å². The molecule has 3 atom stereocenters. The number of methoxy groups -OCH3 is 1. The lowest BCUT2D eigenvalue weighted by Crippen LogP contribution is -2.49. The number of esters is 1. The number of alkyl halides is 1. The van der Waals surface area contributed by atoms with E-state index in [1.54, 1.807) is 0 Å². The third-order valence-corrected chi connectivity index (χ3v) is 5.62. The van der Waals surface area contributed by atoms with Gasteiger partial charge >= 0.3 is 5.97 Å². The predicted molar refractivity (Wildman–Crippen MR) is 108 cm³/mol. The molecule has 0 saturated carbocycles. The molecule has 1 heterocycles. The Bertz CT molecular complexity index is 548. The Morgan fingerprint density at radius 1 is 1.27 bits per heavy atom. The highest BCUT2D eigenvalue weighted by atomic mass is 127. The second-order valence-electron chi connectivity index (χ2n) is 6.99. The molecule has 146 valence electrons. The van der Waals surface area contributed by atoms with E-state index < -0.39 is 5.79 Å². The Balaban J connectivity index is 1.69. The van der Waals surface area contributed by atoms with E-state index in [2.05, 4.69) is 34.7 Å². The largest absolute Gasteiger partial charge is 0.468 e. The Kier molecular flexibility index (Phi) is 8.79. The average Bonchev–Trinajstić information content (AvgIpc) is 2.62. The standard InChI is InChI=1S/C20H29IO5/c1-20(2)25-16(13-17(26-20)18(21)19(22)23-3)11-7-8-12-24-14-15-9-5-4-6-10-15/h4-6,9-10,16-18H,7-8,11-14H2,1-3H3/t16-,17-,18?/m1/s1. The van der Waals surface area contributed by atoms with Crippen LogP contribution in [0.1, 0.15) is 45.1 Å². The van der Waals surface area contributed by atoms with Crippen molar-refractivity contribution < 1.29 is 23.7 Å². The number of carbonyl (C=O) groups is 1. The average molecular weight is 476 g/mol. The second-order valence-corrected chi connectivity index (χ2v) is 8.33. The first-order chi connectivity index (χ1) is 12.4. The van der Waals surface area contributed by atoms with Gasteiger partial charge in [0.1, 0.15) is 3.92 Å². The van der Waals surface area contributed by atoms with Gasteiger partial charge in [-0.25, -0.2) is 0 Å². The minimum Gasteiger partial charge on any atom is -0.468 e. The molecule has 1 aromatic rings. The van der Waals surface area contributed by atoms with Crippen LogP contribution in [0, 0.1) is 0 Å². The van der Waals surface area contributed by atoms with E-state index in [1.807, 2.05) is 32.0 Å². The summed E-state index contributed by atoms with van der Waals surface area (Å²) < 4.78 is 22.2. The SMILES string of the molecule is COC(=O)C(I)[C@H]1C[C@@H](CCCCOCc2ccccc2)OC(C)(C)O1. The van der Waals surface area contributed by atoms with Gasteiger partial charge in [-0.3, -0.25) is 4.79 Å². The molecule has 2 rings (SSSR count). The molecule has 0 aliphatic carbocycles. The molecule has 0 aromatic heterocycles. The first-order valence-corrected chi connectivity index (χ1v) is 10.3. The molecule has 1 fully saturated rings. The van der Waals surface area contributed by atoms with Crippen molar-refractivity contribution in [3.05, 3.63) is 35.9 Å². The molecule has 1 aliphatic rings. The van der Waals surface area contributed by atoms with Crippen LogP contribution in [0.4, 0.5) is 0 Å². The summed E-state index contributed by atoms with van der Waals surface area (Å²) in [6, 6.07) is 10.2. The van der Waals surface area contributed by atoms with Gasteiger partial charge in [0.2, 0.25) is 0 Å². The predicted octanol–water partition coefficient (Wildman–Crippen LogP) is 4.26. The molecule has 1 aromatic carbocycles. The molecule has 1 saturated heterocycles. The van der Waals surface area contributed by atoms with Crippen LogP contribution in [0.25, 0.3) is 0 Å². The number of unbranched alkanes of at least 4 members (excludes halogenated alkanes) is 1. The lowest BCUT2D eigenvalue weighted by Gasteiger charge is -2.42. The minimum atomic E-state index is -0.686. The van der Waals surface area contributed by atoms with Gasteiger partial charge in [0.25, 0.3) is 0 Å². The molecular weight excluding hydrogens is 447 g/mol. The maximum atomic E-state index is 11.8. The smallest absolute Gasteiger partial charge is 0.321 e. The summed E-state index contributed by atoms with van der Waals surface area (Å²) in [5, 5.41) is 0. The van der Waals surface area contributed by atoms with E-state index in [-0.39, 0.29) is 22.1 Å². The highest BCUT2D eigenvalue weighted by Crippen LogP contribution is 2.33. The van der Waals surface area contributed by atoms with Crippen LogP contribution in [0.5, 0.6) is 0 Å². The molecule has 0 bridgehead atoms. The number of ether oxygens (including phenoxy) is 4. The zero-order valence-electron chi connectivity index (χ0n) is 15.8. The number of rotatable bonds is 9. The number of hydrogen-bond acceptors (Lipinski definition) is 5. The lowest BCUT2D eigenvalue weighted by atomic mass is 10.0. The minimum absolute atomic E-state index is 0.0831. The Labute approximate surface area is 169 Å². The highest BCUT2D eigenvalue weighted by Gasteiger charge is 2.40. The summed E-state index contributed by atoms with van der Waals surface area (Å²) in [5.74, 6) is -0.934. The van der Waals surface area contributed by atoms with Crippen molar-refractivity contribution in [1.29, 1.82) is 0 Å². The third kappa shape index (κ3) is 7.13. The van der Waals surface area contributed by atoms with Crippen molar-refractivity contribution >= 4 is 28.6 Å². The van der Waals surface area contributed by atoms with E-state index >= 15 is 0 Å². The summed E-state index contributed by atoms with van der Waals surface area (Å²) in [7, 11) is 1.41. The second kappa shape index (κ2) is 10.6. The summed E-state index contributed by atoms with van der Waals surface area (Å²) in [6.45, 7) is 5.19. The van der Waals surface area contributed by atoms with Crippen LogP contribution >= 0.6 is 22.6 Å². The fourth-order valence-corrected chi connectivity index (χ4v) is 3.80. The zero-order valence-corrected chi connectivity index (χ0v) is 17.9. The van der Waals surface area contributed by atoms with Crippen molar-refractivity contribution in [3.8, 4) is 0 Å². The van der Waals surface area contributed by atoms with Crippen molar-refractivity contribution in [2.75, 3.05) is 13.7 Å². The zero-order chi connectivity index (χ0) is 19.0. The van der Waals surface area contributed by atoms with E-state index in [9.17, 15) is 4.79 Å². The molecule has 6 heteroatoms. The van der Waals surface area contributed by atoms with Gasteiger partial charge in [-0.2, -0.15) is 0 Å². The topological polar surface area (TPSA) is 54.0 Å². The molecule has 1 aliphatic heterocycles. The molecule has 0 spiro atoms. The number of hydrogen-bond donors (Lipinski definition) is 0. The van der Waals surface area contributed by atoms with Crippen LogP contribution in [-0.2, 0) is 30.3 Å². The lowest BCUT2D eigenvalue weighted by molar-refractivity contribution is -0.298. The molecular formula is C20H29IO5. The van der Waals surface area contributed by atoms with Crippen molar-refractivity contribution in [1.82, 2.24) is 0 Å². The molecule has 0 N–H and O–H groups in total. The summed E-state index contributed by atoms with van der Waals surface area (Å²) in [6.07, 6.45) is 3.54. The number of halogens is 1. The Hall–Kier alpha value is -0.700. The van der Waals surface area contributed by atoms with E-state index in [0.717, 1.165) is 25.9 Å². The summed E-state index contributed by atoms with van der Waals surface area (Å²) in [4.78, 5) is 11.8. The first-order valence-electron chi connectivity index (χ1n) is 9.10.